The van der Waals surface area contributed by atoms with Crippen LogP contribution in [0.2, 0.25) is 5.02 Å². The van der Waals surface area contributed by atoms with Gasteiger partial charge < -0.3 is 10.2 Å². The maximum atomic E-state index is 13.6. The van der Waals surface area contributed by atoms with Crippen molar-refractivity contribution in [2.45, 2.75) is 31.8 Å². The predicted octanol–water partition coefficient (Wildman–Crippen LogP) is 2.71. The number of fused-ring (bicyclic) bond motifs is 1. The molecule has 4 rings (SSSR count). The number of halogens is 1. The fraction of sp³-hybridized carbons (Fsp3) is 0.304. The van der Waals surface area contributed by atoms with Gasteiger partial charge >= 0.3 is 11.9 Å². The Bertz CT molecular complexity index is 1160. The molecule has 2 amide bonds. The van der Waals surface area contributed by atoms with Crippen LogP contribution in [0.1, 0.15) is 29.2 Å². The maximum absolute atomic E-state index is 13.6. The summed E-state index contributed by atoms with van der Waals surface area (Å²) < 4.78 is 0. The molecule has 2 aromatic carbocycles. The third-order valence-corrected chi connectivity index (χ3v) is 6.81. The molecule has 0 radical (unpaired) electrons. The third kappa shape index (κ3) is 3.18. The summed E-state index contributed by atoms with van der Waals surface area (Å²) in [4.78, 5) is 52.1. The van der Waals surface area contributed by atoms with Crippen molar-refractivity contribution in [2.24, 2.45) is 11.8 Å². The molecule has 2 aliphatic heterocycles. The van der Waals surface area contributed by atoms with Crippen LogP contribution in [0.3, 0.4) is 0 Å². The first kappa shape index (κ1) is 22.0. The summed E-state index contributed by atoms with van der Waals surface area (Å²) in [6.07, 6.45) is -0.854. The number of anilines is 1. The van der Waals surface area contributed by atoms with Gasteiger partial charge in [-0.15, -0.1) is 0 Å². The van der Waals surface area contributed by atoms with E-state index in [0.717, 1.165) is 16.0 Å². The summed E-state index contributed by atoms with van der Waals surface area (Å²) in [7, 11) is 0. The second-order valence-electron chi connectivity index (χ2n) is 8.27. The van der Waals surface area contributed by atoms with Crippen molar-refractivity contribution in [3.63, 3.8) is 0 Å². The maximum Gasteiger partial charge on any atom is 0.325 e. The first-order valence-electron chi connectivity index (χ1n) is 10.0. The number of aliphatic carboxylic acids is 2. The number of carbonyl (C=O) groups is 4. The van der Waals surface area contributed by atoms with Crippen molar-refractivity contribution in [3.8, 4) is 0 Å². The van der Waals surface area contributed by atoms with Crippen LogP contribution in [0.25, 0.3) is 0 Å². The minimum Gasteiger partial charge on any atom is -0.481 e. The van der Waals surface area contributed by atoms with E-state index >= 15 is 0 Å². The van der Waals surface area contributed by atoms with Crippen LogP contribution in [0.5, 0.6) is 0 Å². The number of rotatable bonds is 5. The van der Waals surface area contributed by atoms with Gasteiger partial charge in [0.2, 0.25) is 11.8 Å². The summed E-state index contributed by atoms with van der Waals surface area (Å²) in [6, 6.07) is 10.9. The zero-order valence-corrected chi connectivity index (χ0v) is 18.1. The fourth-order valence-corrected chi connectivity index (χ4v) is 5.03. The van der Waals surface area contributed by atoms with Gasteiger partial charge in [-0.3, -0.25) is 24.5 Å². The standard InChI is InChI=1S/C23H21ClN2O6/c1-11-5-3-4-6-14(11)19-17-18(23(25-19,22(31)32)10-16(27)28)21(30)26(20(17)29)13-8-7-12(2)15(24)9-13/h3-9,17-19,25H,10H2,1-2H3,(H,27,28)(H,31,32). The van der Waals surface area contributed by atoms with Crippen molar-refractivity contribution in [3.05, 3.63) is 64.2 Å². The largest absolute Gasteiger partial charge is 0.481 e. The smallest absolute Gasteiger partial charge is 0.325 e. The number of carboxylic acids is 2. The molecule has 9 heteroatoms. The summed E-state index contributed by atoms with van der Waals surface area (Å²) in [5, 5.41) is 22.8. The molecule has 2 fully saturated rings. The van der Waals surface area contributed by atoms with Crippen molar-refractivity contribution in [1.29, 1.82) is 0 Å². The molecule has 2 saturated heterocycles. The second kappa shape index (κ2) is 7.72. The van der Waals surface area contributed by atoms with E-state index in [-0.39, 0.29) is 5.69 Å². The van der Waals surface area contributed by atoms with Gasteiger partial charge in [-0.2, -0.15) is 0 Å². The van der Waals surface area contributed by atoms with Crippen LogP contribution < -0.4 is 10.2 Å². The van der Waals surface area contributed by atoms with Crippen LogP contribution in [0.4, 0.5) is 5.69 Å². The van der Waals surface area contributed by atoms with Crippen molar-refractivity contribution < 1.29 is 29.4 Å². The average molecular weight is 457 g/mol. The Labute approximate surface area is 188 Å². The Balaban J connectivity index is 1.90. The van der Waals surface area contributed by atoms with Gasteiger partial charge in [0, 0.05) is 11.1 Å². The van der Waals surface area contributed by atoms with Gasteiger partial charge in [-0.1, -0.05) is 41.9 Å². The Morgan fingerprint density at radius 2 is 1.75 bits per heavy atom. The van der Waals surface area contributed by atoms with Crippen molar-refractivity contribution in [1.82, 2.24) is 5.32 Å². The number of benzene rings is 2. The van der Waals surface area contributed by atoms with E-state index in [2.05, 4.69) is 5.32 Å². The molecule has 2 aliphatic rings. The quantitative estimate of drug-likeness (QED) is 0.591. The van der Waals surface area contributed by atoms with Gasteiger partial charge in [-0.25, -0.2) is 4.90 Å². The zero-order chi connectivity index (χ0) is 23.4. The molecule has 3 N–H and O–H groups in total. The van der Waals surface area contributed by atoms with E-state index in [1.54, 1.807) is 37.3 Å². The number of hydrogen-bond donors (Lipinski definition) is 3. The molecule has 4 atom stereocenters. The van der Waals surface area contributed by atoms with E-state index in [1.807, 2.05) is 13.0 Å². The zero-order valence-electron chi connectivity index (χ0n) is 17.3. The SMILES string of the molecule is Cc1ccc(N2C(=O)C3C(c4ccccc4C)NC(CC(=O)O)(C(=O)O)C3C2=O)cc1Cl. The molecule has 0 spiro atoms. The minimum atomic E-state index is -2.14. The monoisotopic (exact) mass is 456 g/mol. The minimum absolute atomic E-state index is 0.225. The highest BCUT2D eigenvalue weighted by molar-refractivity contribution is 6.32. The van der Waals surface area contributed by atoms with Crippen molar-refractivity contribution >= 4 is 41.0 Å². The van der Waals surface area contributed by atoms with E-state index in [1.165, 1.54) is 6.07 Å². The summed E-state index contributed by atoms with van der Waals surface area (Å²) in [5.41, 5.74) is 0.265. The second-order valence-corrected chi connectivity index (χ2v) is 8.68. The summed E-state index contributed by atoms with van der Waals surface area (Å²) >= 11 is 6.20. The lowest BCUT2D eigenvalue weighted by molar-refractivity contribution is -0.154. The predicted molar refractivity (Wildman–Crippen MR) is 115 cm³/mol. The Morgan fingerprint density at radius 1 is 1.06 bits per heavy atom. The van der Waals surface area contributed by atoms with Crippen LogP contribution in [-0.2, 0) is 19.2 Å². The molecule has 4 unspecified atom stereocenters. The average Bonchev–Trinajstić information content (AvgIpc) is 3.19. The van der Waals surface area contributed by atoms with Gasteiger partial charge in [0.25, 0.3) is 0 Å². The first-order chi connectivity index (χ1) is 15.1. The third-order valence-electron chi connectivity index (χ3n) is 6.40. The first-order valence-corrected chi connectivity index (χ1v) is 10.4. The lowest BCUT2D eigenvalue weighted by Gasteiger charge is -2.30. The molecule has 2 heterocycles. The number of nitrogens with one attached hydrogen (secondary N) is 1. The van der Waals surface area contributed by atoms with E-state index in [4.69, 9.17) is 11.6 Å². The Morgan fingerprint density at radius 3 is 2.34 bits per heavy atom. The van der Waals surface area contributed by atoms with Crippen LogP contribution in [0, 0.1) is 25.7 Å². The number of hydrogen-bond acceptors (Lipinski definition) is 5. The number of amides is 2. The molecule has 8 nitrogen and oxygen atoms in total. The molecule has 0 aliphatic carbocycles. The highest BCUT2D eigenvalue weighted by atomic mass is 35.5. The molecule has 0 bridgehead atoms. The number of aryl methyl sites for hydroxylation is 2. The molecular weight excluding hydrogens is 436 g/mol. The molecular formula is C23H21ClN2O6. The summed E-state index contributed by atoms with van der Waals surface area (Å²) in [5.74, 6) is -6.70. The number of carboxylic acid groups (broad SMARTS) is 2. The van der Waals surface area contributed by atoms with E-state index in [9.17, 15) is 29.4 Å². The molecule has 0 aromatic heterocycles. The van der Waals surface area contributed by atoms with Gasteiger partial charge in [0.1, 0.15) is 5.54 Å². The lowest BCUT2D eigenvalue weighted by Crippen LogP contribution is -2.57. The van der Waals surface area contributed by atoms with Gasteiger partial charge in [0.15, 0.2) is 0 Å². The number of carbonyl (C=O) groups excluding carboxylic acids is 2. The Kier molecular flexibility index (Phi) is 5.30. The fourth-order valence-electron chi connectivity index (χ4n) is 4.85. The highest BCUT2D eigenvalue weighted by Crippen LogP contribution is 2.51. The number of imide groups is 1. The normalized spacial score (nSPS) is 27.0. The lowest BCUT2D eigenvalue weighted by atomic mass is 9.77. The summed E-state index contributed by atoms with van der Waals surface area (Å²) in [6.45, 7) is 3.58. The van der Waals surface area contributed by atoms with Crippen molar-refractivity contribution in [2.75, 3.05) is 4.90 Å². The molecule has 32 heavy (non-hydrogen) atoms. The van der Waals surface area contributed by atoms with E-state index < -0.39 is 53.6 Å². The topological polar surface area (TPSA) is 124 Å². The van der Waals surface area contributed by atoms with Gasteiger partial charge in [0.05, 0.1) is 23.9 Å². The van der Waals surface area contributed by atoms with Crippen LogP contribution in [0.15, 0.2) is 42.5 Å². The van der Waals surface area contributed by atoms with E-state index in [0.29, 0.717) is 10.6 Å². The number of nitrogens with zero attached hydrogens (tertiary/aromatic N) is 1. The van der Waals surface area contributed by atoms with Crippen LogP contribution >= 0.6 is 11.6 Å². The highest BCUT2D eigenvalue weighted by Gasteiger charge is 2.69. The molecule has 0 saturated carbocycles. The Hall–Kier alpha value is -3.23. The van der Waals surface area contributed by atoms with Gasteiger partial charge in [-0.05, 0) is 42.7 Å². The molecule has 166 valence electrons. The van der Waals surface area contributed by atoms with Crippen LogP contribution in [-0.4, -0.2) is 39.5 Å². The molecule has 2 aromatic rings.